The average Bonchev–Trinajstić information content (AvgIpc) is 0. The van der Waals surface area contributed by atoms with Crippen LogP contribution in [0.4, 0.5) is 0 Å². The molecule has 7 heavy (non-hydrogen) atoms. The van der Waals surface area contributed by atoms with Crippen molar-refractivity contribution in [1.29, 1.82) is 0 Å². The third-order valence-corrected chi connectivity index (χ3v) is 0. The van der Waals surface area contributed by atoms with E-state index in [2.05, 4.69) is 0 Å². The standard InChI is InChI=1S/Ca.Fe.Mg.Mn.H3N.H3P.Si/h;;;;2*1H3;. The van der Waals surface area contributed by atoms with Crippen molar-refractivity contribution in [2.24, 2.45) is 0 Å². The summed E-state index contributed by atoms with van der Waals surface area (Å²) in [7, 11) is 0. The van der Waals surface area contributed by atoms with Crippen LogP contribution in [0.25, 0.3) is 0 Å². The first kappa shape index (κ1) is 74.0. The molecule has 0 aliphatic carbocycles. The van der Waals surface area contributed by atoms with E-state index < -0.39 is 0 Å². The van der Waals surface area contributed by atoms with E-state index in [-0.39, 0.29) is 122 Å². The summed E-state index contributed by atoms with van der Waals surface area (Å²) < 4.78 is 0. The predicted molar refractivity (Wildman–Crippen MR) is 33.4 cm³/mol. The molecule has 0 heterocycles. The molecule has 1 nitrogen and oxygen atoms in total. The molecule has 0 aromatic carbocycles. The van der Waals surface area contributed by atoms with Crippen LogP contribution in [-0.4, -0.2) is 71.8 Å². The van der Waals surface area contributed by atoms with Gasteiger partial charge in [0.2, 0.25) is 0 Å². The van der Waals surface area contributed by atoms with Crippen LogP contribution in [0.5, 0.6) is 0 Å². The normalized spacial score (nSPS) is 0. The number of rotatable bonds is 0. The Hall–Kier alpha value is 3.67. The Kier molecular flexibility index (Phi) is 571. The maximum absolute atomic E-state index is 0. The van der Waals surface area contributed by atoms with E-state index in [9.17, 15) is 0 Å². The summed E-state index contributed by atoms with van der Waals surface area (Å²) in [6, 6.07) is 0. The molecule has 0 rings (SSSR count). The average molecular weight is 254 g/mol. The largest absolute Gasteiger partial charge is 0.344 e. The van der Waals surface area contributed by atoms with Gasteiger partial charge in [-0.25, -0.2) is 0 Å². The van der Waals surface area contributed by atoms with Crippen LogP contribution < -0.4 is 6.15 Å². The molecule has 0 spiro atoms. The van der Waals surface area contributed by atoms with Crippen molar-refractivity contribution >= 4 is 81.7 Å². The molecule has 0 aromatic heterocycles. The van der Waals surface area contributed by atoms with Crippen molar-refractivity contribution in [3.63, 3.8) is 0 Å². The molecule has 1 unspecified atom stereocenters. The topological polar surface area (TPSA) is 35.0 Å². The molecule has 0 aliphatic rings. The summed E-state index contributed by atoms with van der Waals surface area (Å²) in [5, 5.41) is 0. The molecule has 0 amide bonds. The first-order valence-corrected chi connectivity index (χ1v) is 0. The van der Waals surface area contributed by atoms with Crippen LogP contribution in [0.3, 0.4) is 0 Å². The van der Waals surface area contributed by atoms with E-state index in [4.69, 9.17) is 0 Å². The van der Waals surface area contributed by atoms with Crippen LogP contribution >= 0.6 is 9.90 Å². The molecular weight excluding hydrogens is 248 g/mol. The van der Waals surface area contributed by atoms with Crippen molar-refractivity contribution in [3.05, 3.63) is 0 Å². The van der Waals surface area contributed by atoms with E-state index in [1.165, 1.54) is 0 Å². The van der Waals surface area contributed by atoms with E-state index in [1.807, 2.05) is 0 Å². The molecule has 1 atom stereocenters. The molecule has 0 aliphatic heterocycles. The molecule has 0 aromatic rings. The van der Waals surface area contributed by atoms with Gasteiger partial charge in [-0.1, -0.05) is 0 Å². The SMILES string of the molecule is N.P.[Ca].[Fe].[Mg].[Mn].[Si]. The minimum absolute atomic E-state index is 0. The zero-order valence-corrected chi connectivity index (χ0v) is 12.4. The maximum atomic E-state index is 0. The predicted octanol–water partition coefficient (Wildman–Crippen LogP) is -0.927. The van der Waals surface area contributed by atoms with Gasteiger partial charge in [-0.3, -0.25) is 0 Å². The zero-order chi connectivity index (χ0) is 0. The third-order valence-electron chi connectivity index (χ3n) is 0. The quantitative estimate of drug-likeness (QED) is 0.440. The fourth-order valence-corrected chi connectivity index (χ4v) is 0. The van der Waals surface area contributed by atoms with Gasteiger partial charge in [-0.15, -0.1) is 0 Å². The van der Waals surface area contributed by atoms with Gasteiger partial charge >= 0.3 is 0 Å². The summed E-state index contributed by atoms with van der Waals surface area (Å²) in [5.41, 5.74) is 0. The molecule has 7 heteroatoms. The fraction of sp³-hybridized carbons (Fsp3) is 0. The molecule has 0 bridgehead atoms. The van der Waals surface area contributed by atoms with Gasteiger partial charge in [0.25, 0.3) is 0 Å². The first-order valence-electron chi connectivity index (χ1n) is 0. The van der Waals surface area contributed by atoms with E-state index >= 15 is 0 Å². The Morgan fingerprint density at radius 2 is 1.00 bits per heavy atom. The molecule has 9 radical (unpaired) electrons. The van der Waals surface area contributed by atoms with Crippen molar-refractivity contribution in [3.8, 4) is 0 Å². The van der Waals surface area contributed by atoms with Crippen LogP contribution in [-0.2, 0) is 34.1 Å². The second kappa shape index (κ2) is 53.9. The van der Waals surface area contributed by atoms with Gasteiger partial charge in [-0.2, -0.15) is 9.90 Å². The molecule has 0 saturated carbocycles. The summed E-state index contributed by atoms with van der Waals surface area (Å²) in [5.74, 6) is 0. The smallest absolute Gasteiger partial charge is 0 e. The molecule has 39 valence electrons. The van der Waals surface area contributed by atoms with Gasteiger partial charge in [0, 0.05) is 106 Å². The van der Waals surface area contributed by atoms with Crippen molar-refractivity contribution in [1.82, 2.24) is 6.15 Å². The van der Waals surface area contributed by atoms with E-state index in [1.54, 1.807) is 0 Å². The van der Waals surface area contributed by atoms with Crippen molar-refractivity contribution in [2.75, 3.05) is 0 Å². The van der Waals surface area contributed by atoms with Crippen molar-refractivity contribution < 1.29 is 34.1 Å². The zero-order valence-electron chi connectivity index (χ0n) is 4.06. The van der Waals surface area contributed by atoms with E-state index in [0.717, 1.165) is 0 Å². The Bertz CT molecular complexity index is 19.7. The summed E-state index contributed by atoms with van der Waals surface area (Å²) in [6.07, 6.45) is 0. The van der Waals surface area contributed by atoms with Crippen LogP contribution in [0.2, 0.25) is 0 Å². The van der Waals surface area contributed by atoms with Crippen LogP contribution in [0.15, 0.2) is 0 Å². The summed E-state index contributed by atoms with van der Waals surface area (Å²) in [6.45, 7) is 0. The molecular formula is H6CaFeMgMnNPSi. The molecule has 0 fully saturated rings. The van der Waals surface area contributed by atoms with Crippen molar-refractivity contribution in [2.45, 2.75) is 0 Å². The Morgan fingerprint density at radius 1 is 1.00 bits per heavy atom. The van der Waals surface area contributed by atoms with E-state index in [0.29, 0.717) is 0 Å². The van der Waals surface area contributed by atoms with Gasteiger partial charge in [-0.05, 0) is 0 Å². The molecule has 0 saturated heterocycles. The van der Waals surface area contributed by atoms with Gasteiger partial charge in [0.15, 0.2) is 0 Å². The Balaban J connectivity index is 0. The number of hydrogen-bond donors (Lipinski definition) is 1. The van der Waals surface area contributed by atoms with Gasteiger partial charge in [0.1, 0.15) is 0 Å². The van der Waals surface area contributed by atoms with Gasteiger partial charge in [0.05, 0.1) is 0 Å². The summed E-state index contributed by atoms with van der Waals surface area (Å²) >= 11 is 0. The second-order valence-corrected chi connectivity index (χ2v) is 0. The minimum Gasteiger partial charge on any atom is -0.344 e. The Labute approximate surface area is 120 Å². The Morgan fingerprint density at radius 3 is 1.00 bits per heavy atom. The third kappa shape index (κ3) is 42.2. The first-order chi connectivity index (χ1) is 0. The minimum atomic E-state index is 0. The van der Waals surface area contributed by atoms with Crippen LogP contribution in [0.1, 0.15) is 0 Å². The monoisotopic (exact) mass is 254 g/mol. The van der Waals surface area contributed by atoms with Crippen LogP contribution in [0, 0.1) is 0 Å². The fourth-order valence-electron chi connectivity index (χ4n) is 0. The number of hydrogen-bond acceptors (Lipinski definition) is 1. The summed E-state index contributed by atoms with van der Waals surface area (Å²) in [4.78, 5) is 0. The second-order valence-electron chi connectivity index (χ2n) is 0. The maximum Gasteiger partial charge on any atom is 0 e. The molecule has 3 N–H and O–H groups in total. The van der Waals surface area contributed by atoms with Gasteiger partial charge < -0.3 is 6.15 Å².